The van der Waals surface area contributed by atoms with Gasteiger partial charge in [0, 0.05) is 10.6 Å². The van der Waals surface area contributed by atoms with Crippen LogP contribution in [0.2, 0.25) is 5.02 Å². The molecule has 0 saturated carbocycles. The zero-order valence-electron chi connectivity index (χ0n) is 6.80. The molecule has 0 aliphatic carbocycles. The Hall–Kier alpha value is -1.20. The van der Waals surface area contributed by atoms with Crippen molar-refractivity contribution in [2.45, 2.75) is 6.04 Å². The van der Waals surface area contributed by atoms with Gasteiger partial charge in [-0.3, -0.25) is 4.79 Å². The van der Waals surface area contributed by atoms with Gasteiger partial charge in [0.2, 0.25) is 0 Å². The molecule has 0 heterocycles. The summed E-state index contributed by atoms with van der Waals surface area (Å²) in [6.45, 7) is 0. The first-order valence-corrected chi connectivity index (χ1v) is 3.94. The molecule has 0 spiro atoms. The second kappa shape index (κ2) is 3.89. The summed E-state index contributed by atoms with van der Waals surface area (Å²) in [5.41, 5.74) is 5.03. The maximum Gasteiger partial charge on any atom is 0.325 e. The van der Waals surface area contributed by atoms with Gasteiger partial charge in [-0.25, -0.2) is 8.78 Å². The lowest BCUT2D eigenvalue weighted by molar-refractivity contribution is -0.138. The van der Waals surface area contributed by atoms with Gasteiger partial charge in [0.15, 0.2) is 11.6 Å². The number of halogens is 3. The van der Waals surface area contributed by atoms with E-state index in [-0.39, 0.29) is 10.6 Å². The van der Waals surface area contributed by atoms with Crippen LogP contribution in [0.1, 0.15) is 11.6 Å². The Balaban J connectivity index is 3.22. The minimum atomic E-state index is -1.46. The van der Waals surface area contributed by atoms with Crippen LogP contribution >= 0.6 is 11.6 Å². The molecule has 6 heteroatoms. The standard InChI is InChI=1S/C8H6ClF2NO2/c9-4-2-6(11)5(10)1-3(4)7(12)8(13)14/h1-2,7H,12H2,(H,13,14)/t7-/m1/s1. The van der Waals surface area contributed by atoms with E-state index in [2.05, 4.69) is 0 Å². The summed E-state index contributed by atoms with van der Waals surface area (Å²) >= 11 is 5.49. The van der Waals surface area contributed by atoms with Crippen molar-refractivity contribution >= 4 is 17.6 Å². The van der Waals surface area contributed by atoms with Crippen LogP contribution in [0.15, 0.2) is 12.1 Å². The molecule has 0 fully saturated rings. The molecular weight excluding hydrogens is 216 g/mol. The van der Waals surface area contributed by atoms with E-state index >= 15 is 0 Å². The fourth-order valence-electron chi connectivity index (χ4n) is 0.909. The van der Waals surface area contributed by atoms with E-state index in [4.69, 9.17) is 22.4 Å². The molecule has 0 radical (unpaired) electrons. The summed E-state index contributed by atoms with van der Waals surface area (Å²) in [5, 5.41) is 8.31. The summed E-state index contributed by atoms with van der Waals surface area (Å²) < 4.78 is 25.3. The van der Waals surface area contributed by atoms with Gasteiger partial charge in [-0.2, -0.15) is 0 Å². The van der Waals surface area contributed by atoms with Crippen molar-refractivity contribution in [3.63, 3.8) is 0 Å². The second-order valence-corrected chi connectivity index (χ2v) is 3.01. The number of rotatable bonds is 2. The van der Waals surface area contributed by atoms with Gasteiger partial charge in [-0.1, -0.05) is 11.6 Å². The summed E-state index contributed by atoms with van der Waals surface area (Å²) in [6.07, 6.45) is 0. The highest BCUT2D eigenvalue weighted by atomic mass is 35.5. The molecule has 0 amide bonds. The minimum Gasteiger partial charge on any atom is -0.480 e. The summed E-state index contributed by atoms with van der Waals surface area (Å²) in [4.78, 5) is 10.4. The molecule has 1 aromatic carbocycles. The molecule has 0 unspecified atom stereocenters. The maximum absolute atomic E-state index is 12.7. The van der Waals surface area contributed by atoms with Crippen LogP contribution in [0.4, 0.5) is 8.78 Å². The SMILES string of the molecule is N[C@@H](C(=O)O)c1cc(F)c(F)cc1Cl. The topological polar surface area (TPSA) is 63.3 Å². The maximum atomic E-state index is 12.7. The smallest absolute Gasteiger partial charge is 0.325 e. The zero-order chi connectivity index (χ0) is 10.9. The number of hydrogen-bond acceptors (Lipinski definition) is 2. The Morgan fingerprint density at radius 3 is 2.43 bits per heavy atom. The molecule has 0 saturated heterocycles. The molecule has 3 nitrogen and oxygen atoms in total. The lowest BCUT2D eigenvalue weighted by atomic mass is 10.1. The number of aliphatic carboxylic acids is 1. The predicted molar refractivity (Wildman–Crippen MR) is 45.9 cm³/mol. The predicted octanol–water partition coefficient (Wildman–Crippen LogP) is 1.70. The van der Waals surface area contributed by atoms with Crippen LogP contribution in [0.25, 0.3) is 0 Å². The molecular formula is C8H6ClF2NO2. The Morgan fingerprint density at radius 1 is 1.43 bits per heavy atom. The van der Waals surface area contributed by atoms with Gasteiger partial charge in [0.1, 0.15) is 6.04 Å². The molecule has 14 heavy (non-hydrogen) atoms. The first kappa shape index (κ1) is 10.9. The lowest BCUT2D eigenvalue weighted by Crippen LogP contribution is -2.21. The van der Waals surface area contributed by atoms with Gasteiger partial charge in [0.05, 0.1) is 0 Å². The van der Waals surface area contributed by atoms with E-state index in [1.807, 2.05) is 0 Å². The van der Waals surface area contributed by atoms with E-state index in [1.54, 1.807) is 0 Å². The summed E-state index contributed by atoms with van der Waals surface area (Å²) in [5.74, 6) is -3.68. The average Bonchev–Trinajstić information content (AvgIpc) is 2.10. The van der Waals surface area contributed by atoms with Crippen LogP contribution in [0.3, 0.4) is 0 Å². The zero-order valence-corrected chi connectivity index (χ0v) is 7.55. The molecule has 0 aliphatic heterocycles. The van der Waals surface area contributed by atoms with E-state index in [0.29, 0.717) is 12.1 Å². The fraction of sp³-hybridized carbons (Fsp3) is 0.125. The van der Waals surface area contributed by atoms with Crippen molar-refractivity contribution < 1.29 is 18.7 Å². The van der Waals surface area contributed by atoms with Gasteiger partial charge >= 0.3 is 5.97 Å². The van der Waals surface area contributed by atoms with Crippen LogP contribution in [-0.4, -0.2) is 11.1 Å². The second-order valence-electron chi connectivity index (χ2n) is 2.60. The number of nitrogens with two attached hydrogens (primary N) is 1. The van der Waals surface area contributed by atoms with Crippen molar-refractivity contribution in [2.24, 2.45) is 5.73 Å². The van der Waals surface area contributed by atoms with Crippen LogP contribution in [0.5, 0.6) is 0 Å². The Labute approximate surface area is 83.1 Å². The molecule has 76 valence electrons. The highest BCUT2D eigenvalue weighted by Crippen LogP contribution is 2.24. The third kappa shape index (κ3) is 2.00. The van der Waals surface area contributed by atoms with Gasteiger partial charge < -0.3 is 10.8 Å². The van der Waals surface area contributed by atoms with E-state index < -0.39 is 23.6 Å². The largest absolute Gasteiger partial charge is 0.480 e. The van der Waals surface area contributed by atoms with E-state index in [9.17, 15) is 13.6 Å². The lowest BCUT2D eigenvalue weighted by Gasteiger charge is -2.09. The Morgan fingerprint density at radius 2 is 1.93 bits per heavy atom. The van der Waals surface area contributed by atoms with Gasteiger partial charge in [-0.05, 0) is 12.1 Å². The molecule has 1 aromatic rings. The van der Waals surface area contributed by atoms with Crippen molar-refractivity contribution in [3.05, 3.63) is 34.4 Å². The van der Waals surface area contributed by atoms with Crippen LogP contribution in [0, 0.1) is 11.6 Å². The van der Waals surface area contributed by atoms with E-state index in [1.165, 1.54) is 0 Å². The van der Waals surface area contributed by atoms with Crippen LogP contribution < -0.4 is 5.73 Å². The summed E-state index contributed by atoms with van der Waals surface area (Å²) in [7, 11) is 0. The Bertz CT molecular complexity index is 384. The average molecular weight is 222 g/mol. The molecule has 0 aliphatic rings. The third-order valence-electron chi connectivity index (χ3n) is 1.64. The molecule has 0 aromatic heterocycles. The Kier molecular flexibility index (Phi) is 3.03. The molecule has 3 N–H and O–H groups in total. The highest BCUT2D eigenvalue weighted by Gasteiger charge is 2.19. The quantitative estimate of drug-likeness (QED) is 0.748. The normalized spacial score (nSPS) is 12.6. The number of carbonyl (C=O) groups is 1. The fourth-order valence-corrected chi connectivity index (χ4v) is 1.18. The minimum absolute atomic E-state index is 0.155. The van der Waals surface area contributed by atoms with Crippen molar-refractivity contribution in [3.8, 4) is 0 Å². The number of hydrogen-bond donors (Lipinski definition) is 2. The first-order valence-electron chi connectivity index (χ1n) is 3.56. The number of benzene rings is 1. The monoisotopic (exact) mass is 221 g/mol. The van der Waals surface area contributed by atoms with Crippen molar-refractivity contribution in [1.29, 1.82) is 0 Å². The molecule has 1 atom stereocenters. The van der Waals surface area contributed by atoms with Crippen LogP contribution in [-0.2, 0) is 4.79 Å². The van der Waals surface area contributed by atoms with Gasteiger partial charge in [0.25, 0.3) is 0 Å². The number of carboxylic acid groups (broad SMARTS) is 1. The molecule has 1 rings (SSSR count). The molecule has 0 bridgehead atoms. The van der Waals surface area contributed by atoms with Crippen molar-refractivity contribution in [1.82, 2.24) is 0 Å². The number of carboxylic acids is 1. The summed E-state index contributed by atoms with van der Waals surface area (Å²) in [6, 6.07) is -0.0940. The van der Waals surface area contributed by atoms with E-state index in [0.717, 1.165) is 0 Å². The first-order chi connectivity index (χ1) is 6.43. The van der Waals surface area contributed by atoms with Gasteiger partial charge in [-0.15, -0.1) is 0 Å². The highest BCUT2D eigenvalue weighted by molar-refractivity contribution is 6.31. The van der Waals surface area contributed by atoms with Crippen molar-refractivity contribution in [2.75, 3.05) is 0 Å². The third-order valence-corrected chi connectivity index (χ3v) is 1.97.